The second kappa shape index (κ2) is 10.0. The van der Waals surface area contributed by atoms with E-state index in [1.165, 1.54) is 6.92 Å². The summed E-state index contributed by atoms with van der Waals surface area (Å²) in [6.45, 7) is 2.22. The average Bonchev–Trinajstić information content (AvgIpc) is 2.37. The highest BCUT2D eigenvalue weighted by molar-refractivity contribution is 6.21. The fourth-order valence-electron chi connectivity index (χ4n) is 1.48. The van der Waals surface area contributed by atoms with E-state index in [9.17, 15) is 14.4 Å². The third kappa shape index (κ3) is 7.59. The lowest BCUT2D eigenvalue weighted by Crippen LogP contribution is -2.43. The minimum atomic E-state index is -1.03. The highest BCUT2D eigenvalue weighted by Gasteiger charge is 2.34. The summed E-state index contributed by atoms with van der Waals surface area (Å²) in [6, 6.07) is 1.91. The molecule has 0 radical (unpaired) electrons. The standard InChI is InChI=1S/C12H16ClNO6/c1-8(16)19-11(6-18-7-15)12(20-9(2)17)10(13)4-3-5-14/h7,10-12H,3-4,6H2,1-2H3/t10-,11+,12-/m1/s1. The predicted molar refractivity (Wildman–Crippen MR) is 67.6 cm³/mol. The first kappa shape index (κ1) is 18.2. The van der Waals surface area contributed by atoms with Crippen LogP contribution in [0.15, 0.2) is 0 Å². The second-order valence-electron chi connectivity index (χ2n) is 3.86. The van der Waals surface area contributed by atoms with Crippen LogP contribution in [0.5, 0.6) is 0 Å². The molecular weight excluding hydrogens is 290 g/mol. The van der Waals surface area contributed by atoms with Gasteiger partial charge in [0.05, 0.1) is 11.4 Å². The van der Waals surface area contributed by atoms with E-state index >= 15 is 0 Å². The Labute approximate surface area is 121 Å². The second-order valence-corrected chi connectivity index (χ2v) is 4.42. The van der Waals surface area contributed by atoms with Crippen LogP contribution in [0.2, 0.25) is 0 Å². The van der Waals surface area contributed by atoms with Gasteiger partial charge >= 0.3 is 11.9 Å². The first-order chi connectivity index (χ1) is 9.42. The van der Waals surface area contributed by atoms with Crippen molar-refractivity contribution in [2.75, 3.05) is 6.61 Å². The molecule has 0 amide bonds. The van der Waals surface area contributed by atoms with Gasteiger partial charge in [-0.05, 0) is 6.42 Å². The molecule has 20 heavy (non-hydrogen) atoms. The molecule has 0 N–H and O–H groups in total. The van der Waals surface area contributed by atoms with Gasteiger partial charge in [0.25, 0.3) is 6.47 Å². The number of halogens is 1. The van der Waals surface area contributed by atoms with Crippen molar-refractivity contribution in [2.45, 2.75) is 44.3 Å². The molecule has 7 nitrogen and oxygen atoms in total. The van der Waals surface area contributed by atoms with Crippen molar-refractivity contribution in [1.29, 1.82) is 5.26 Å². The Morgan fingerprint density at radius 3 is 2.35 bits per heavy atom. The molecule has 0 aliphatic carbocycles. The Hall–Kier alpha value is -1.81. The van der Waals surface area contributed by atoms with Crippen molar-refractivity contribution in [2.24, 2.45) is 0 Å². The van der Waals surface area contributed by atoms with Crippen molar-refractivity contribution in [3.05, 3.63) is 0 Å². The van der Waals surface area contributed by atoms with Gasteiger partial charge < -0.3 is 14.2 Å². The maximum absolute atomic E-state index is 11.1. The number of ether oxygens (including phenoxy) is 3. The molecular formula is C12H16ClNO6. The highest BCUT2D eigenvalue weighted by Crippen LogP contribution is 2.19. The maximum atomic E-state index is 11.1. The zero-order valence-corrected chi connectivity index (χ0v) is 12.0. The normalized spacial score (nSPS) is 14.3. The lowest BCUT2D eigenvalue weighted by molar-refractivity contribution is -0.171. The van der Waals surface area contributed by atoms with E-state index in [4.69, 9.17) is 26.3 Å². The fourth-order valence-corrected chi connectivity index (χ4v) is 1.81. The van der Waals surface area contributed by atoms with Crippen LogP contribution in [0.4, 0.5) is 0 Å². The Kier molecular flexibility index (Phi) is 9.13. The molecule has 0 aliphatic heterocycles. The SMILES string of the molecule is CC(=O)O[C@H]([C@H](Cl)CCC#N)[C@H](COC=O)OC(C)=O. The molecule has 0 saturated heterocycles. The molecule has 0 fully saturated rings. The first-order valence-electron chi connectivity index (χ1n) is 5.83. The predicted octanol–water partition coefficient (Wildman–Crippen LogP) is 0.934. The maximum Gasteiger partial charge on any atom is 0.303 e. The summed E-state index contributed by atoms with van der Waals surface area (Å²) < 4.78 is 14.5. The van der Waals surface area contributed by atoms with Gasteiger partial charge in [0.2, 0.25) is 0 Å². The summed E-state index contributed by atoms with van der Waals surface area (Å²) in [7, 11) is 0. The molecule has 0 aromatic heterocycles. The number of nitriles is 1. The summed E-state index contributed by atoms with van der Waals surface area (Å²) in [6.07, 6.45) is -1.66. The summed E-state index contributed by atoms with van der Waals surface area (Å²) in [4.78, 5) is 32.4. The van der Waals surface area contributed by atoms with Crippen LogP contribution >= 0.6 is 11.6 Å². The van der Waals surface area contributed by atoms with Crippen LogP contribution in [-0.4, -0.2) is 42.6 Å². The summed E-state index contributed by atoms with van der Waals surface area (Å²) in [5, 5.41) is 7.78. The van der Waals surface area contributed by atoms with E-state index in [0.717, 1.165) is 6.92 Å². The van der Waals surface area contributed by atoms with Crippen LogP contribution in [0.1, 0.15) is 26.7 Å². The average molecular weight is 306 g/mol. The van der Waals surface area contributed by atoms with E-state index in [0.29, 0.717) is 0 Å². The summed E-state index contributed by atoms with van der Waals surface area (Å²) in [5.41, 5.74) is 0. The Morgan fingerprint density at radius 1 is 1.30 bits per heavy atom. The lowest BCUT2D eigenvalue weighted by Gasteiger charge is -2.28. The van der Waals surface area contributed by atoms with E-state index in [1.54, 1.807) is 0 Å². The van der Waals surface area contributed by atoms with Gasteiger partial charge in [-0.2, -0.15) is 5.26 Å². The molecule has 112 valence electrons. The molecule has 3 atom stereocenters. The van der Waals surface area contributed by atoms with E-state index < -0.39 is 29.5 Å². The number of hydrogen-bond acceptors (Lipinski definition) is 7. The molecule has 0 rings (SSSR count). The number of hydrogen-bond donors (Lipinski definition) is 0. The van der Waals surface area contributed by atoms with Gasteiger partial charge in [-0.15, -0.1) is 11.6 Å². The zero-order chi connectivity index (χ0) is 15.5. The smallest absolute Gasteiger partial charge is 0.303 e. The van der Waals surface area contributed by atoms with Crippen LogP contribution in [-0.2, 0) is 28.6 Å². The Balaban J connectivity index is 4.96. The number of carbonyl (C=O) groups is 3. The molecule has 0 spiro atoms. The van der Waals surface area contributed by atoms with Gasteiger partial charge in [-0.25, -0.2) is 0 Å². The third-order valence-corrected chi connectivity index (χ3v) is 2.67. The number of esters is 2. The Bertz CT molecular complexity index is 381. The van der Waals surface area contributed by atoms with Gasteiger partial charge in [0.1, 0.15) is 6.61 Å². The van der Waals surface area contributed by atoms with Gasteiger partial charge in [-0.3, -0.25) is 14.4 Å². The van der Waals surface area contributed by atoms with Crippen LogP contribution in [0.3, 0.4) is 0 Å². The largest absolute Gasteiger partial charge is 0.464 e. The summed E-state index contributed by atoms with van der Waals surface area (Å²) >= 11 is 6.06. The first-order valence-corrected chi connectivity index (χ1v) is 6.26. The molecule has 0 heterocycles. The quantitative estimate of drug-likeness (QED) is 0.270. The lowest BCUT2D eigenvalue weighted by atomic mass is 10.1. The third-order valence-electron chi connectivity index (χ3n) is 2.20. The van der Waals surface area contributed by atoms with Crippen molar-refractivity contribution in [3.63, 3.8) is 0 Å². The van der Waals surface area contributed by atoms with E-state index in [1.807, 2.05) is 6.07 Å². The molecule has 0 unspecified atom stereocenters. The molecule has 0 aromatic rings. The molecule has 0 aromatic carbocycles. The monoisotopic (exact) mass is 305 g/mol. The van der Waals surface area contributed by atoms with Crippen LogP contribution in [0.25, 0.3) is 0 Å². The topological polar surface area (TPSA) is 103 Å². The summed E-state index contributed by atoms with van der Waals surface area (Å²) in [5.74, 6) is -1.26. The number of alkyl halides is 1. The highest BCUT2D eigenvalue weighted by atomic mass is 35.5. The zero-order valence-electron chi connectivity index (χ0n) is 11.2. The van der Waals surface area contributed by atoms with Crippen LogP contribution in [0, 0.1) is 11.3 Å². The number of nitrogens with zero attached hydrogens (tertiary/aromatic N) is 1. The van der Waals surface area contributed by atoms with Gasteiger partial charge in [-0.1, -0.05) is 0 Å². The minimum absolute atomic E-state index is 0.146. The minimum Gasteiger partial charge on any atom is -0.464 e. The fraction of sp³-hybridized carbons (Fsp3) is 0.667. The molecule has 0 aliphatic rings. The number of rotatable bonds is 9. The van der Waals surface area contributed by atoms with Crippen LogP contribution < -0.4 is 0 Å². The van der Waals surface area contributed by atoms with Crippen molar-refractivity contribution in [1.82, 2.24) is 0 Å². The van der Waals surface area contributed by atoms with Crippen molar-refractivity contribution < 1.29 is 28.6 Å². The number of carbonyl (C=O) groups excluding carboxylic acids is 3. The molecule has 0 bridgehead atoms. The van der Waals surface area contributed by atoms with Crippen molar-refractivity contribution >= 4 is 30.0 Å². The van der Waals surface area contributed by atoms with Crippen molar-refractivity contribution in [3.8, 4) is 6.07 Å². The van der Waals surface area contributed by atoms with E-state index in [2.05, 4.69) is 4.74 Å². The molecule has 0 saturated carbocycles. The van der Waals surface area contributed by atoms with Gasteiger partial charge in [0, 0.05) is 20.3 Å². The van der Waals surface area contributed by atoms with E-state index in [-0.39, 0.29) is 25.9 Å². The Morgan fingerprint density at radius 2 is 1.90 bits per heavy atom. The molecule has 8 heteroatoms. The van der Waals surface area contributed by atoms with Gasteiger partial charge in [0.15, 0.2) is 12.2 Å².